The second kappa shape index (κ2) is 5.00. The lowest BCUT2D eigenvalue weighted by molar-refractivity contribution is -0.154. The van der Waals surface area contributed by atoms with Crippen molar-refractivity contribution in [1.82, 2.24) is 10.2 Å². The molecule has 19 heavy (non-hydrogen) atoms. The maximum atomic E-state index is 12.7. The van der Waals surface area contributed by atoms with Crippen LogP contribution in [0.2, 0.25) is 0 Å². The number of nitrogens with zero attached hydrogens (tertiary/aromatic N) is 1. The molecule has 1 saturated heterocycles. The molecular weight excluding hydrogens is 260 g/mol. The van der Waals surface area contributed by atoms with Crippen LogP contribution in [-0.4, -0.2) is 45.8 Å². The van der Waals surface area contributed by atoms with E-state index in [0.29, 0.717) is 19.4 Å². The Hall–Kier alpha value is -0.710. The molecule has 4 nitrogen and oxygen atoms in total. The highest BCUT2D eigenvalue weighted by Crippen LogP contribution is 2.48. The Morgan fingerprint density at radius 3 is 2.42 bits per heavy atom. The summed E-state index contributed by atoms with van der Waals surface area (Å²) in [6, 6.07) is -0.295. The molecule has 0 aromatic carbocycles. The minimum Gasteiger partial charge on any atom is -0.340 e. The van der Waals surface area contributed by atoms with Crippen LogP contribution in [-0.2, 0) is 9.59 Å². The first-order chi connectivity index (χ1) is 8.91. The van der Waals surface area contributed by atoms with E-state index in [1.54, 1.807) is 0 Å². The third-order valence-electron chi connectivity index (χ3n) is 4.60. The van der Waals surface area contributed by atoms with E-state index in [1.807, 2.05) is 37.4 Å². The molecule has 2 aliphatic rings. The van der Waals surface area contributed by atoms with Crippen molar-refractivity contribution in [1.29, 1.82) is 0 Å². The van der Waals surface area contributed by atoms with Crippen LogP contribution in [0.5, 0.6) is 0 Å². The average molecular weight is 284 g/mol. The SMILES string of the molecule is CCC1C(=O)NC(C)(CC)C(=O)N1CC1(SC)CC1. The van der Waals surface area contributed by atoms with Crippen molar-refractivity contribution in [3.8, 4) is 0 Å². The predicted octanol–water partition coefficient (Wildman–Crippen LogP) is 1.79. The van der Waals surface area contributed by atoms with Gasteiger partial charge in [-0.25, -0.2) is 0 Å². The first kappa shape index (κ1) is 14.7. The van der Waals surface area contributed by atoms with E-state index in [4.69, 9.17) is 0 Å². The summed E-state index contributed by atoms with van der Waals surface area (Å²) >= 11 is 1.83. The molecule has 1 saturated carbocycles. The first-order valence-corrected chi connectivity index (χ1v) is 8.32. The number of piperazine rings is 1. The molecule has 108 valence electrons. The van der Waals surface area contributed by atoms with E-state index in [1.165, 1.54) is 0 Å². The molecule has 2 rings (SSSR count). The summed E-state index contributed by atoms with van der Waals surface area (Å²) < 4.78 is 0.204. The normalized spacial score (nSPS) is 33.3. The summed E-state index contributed by atoms with van der Waals surface area (Å²) in [7, 11) is 0. The minimum atomic E-state index is -0.725. The highest BCUT2D eigenvalue weighted by atomic mass is 32.2. The number of carbonyl (C=O) groups excluding carboxylic acids is 2. The number of hydrogen-bond donors (Lipinski definition) is 1. The second-order valence-electron chi connectivity index (χ2n) is 5.92. The van der Waals surface area contributed by atoms with Crippen LogP contribution in [0.25, 0.3) is 0 Å². The Balaban J connectivity index is 2.24. The fourth-order valence-corrected chi connectivity index (χ4v) is 3.49. The first-order valence-electron chi connectivity index (χ1n) is 7.09. The highest BCUT2D eigenvalue weighted by Gasteiger charge is 2.51. The molecule has 0 radical (unpaired) electrons. The number of nitrogens with one attached hydrogen (secondary N) is 1. The van der Waals surface area contributed by atoms with E-state index in [9.17, 15) is 9.59 Å². The Labute approximate surface area is 119 Å². The molecule has 2 fully saturated rings. The summed E-state index contributed by atoms with van der Waals surface area (Å²) in [6.45, 7) is 6.47. The number of carbonyl (C=O) groups is 2. The quantitative estimate of drug-likeness (QED) is 0.837. The Morgan fingerprint density at radius 2 is 2.00 bits per heavy atom. The number of thioether (sulfide) groups is 1. The van der Waals surface area contributed by atoms with E-state index < -0.39 is 5.54 Å². The minimum absolute atomic E-state index is 0.00310. The van der Waals surface area contributed by atoms with E-state index in [0.717, 1.165) is 12.8 Å². The molecule has 2 unspecified atom stereocenters. The molecule has 0 spiro atoms. The molecule has 0 aromatic heterocycles. The van der Waals surface area contributed by atoms with Crippen molar-refractivity contribution in [2.45, 2.75) is 62.8 Å². The van der Waals surface area contributed by atoms with Crippen LogP contribution in [0.15, 0.2) is 0 Å². The van der Waals surface area contributed by atoms with Crippen molar-refractivity contribution in [3.05, 3.63) is 0 Å². The molecule has 1 aliphatic carbocycles. The predicted molar refractivity (Wildman–Crippen MR) is 78.1 cm³/mol. The van der Waals surface area contributed by atoms with Crippen molar-refractivity contribution in [3.63, 3.8) is 0 Å². The topological polar surface area (TPSA) is 49.4 Å². The Morgan fingerprint density at radius 1 is 1.37 bits per heavy atom. The van der Waals surface area contributed by atoms with Crippen molar-refractivity contribution in [2.75, 3.05) is 12.8 Å². The molecule has 0 bridgehead atoms. The fourth-order valence-electron chi connectivity index (χ4n) is 2.71. The van der Waals surface area contributed by atoms with E-state index in [-0.39, 0.29) is 22.6 Å². The maximum Gasteiger partial charge on any atom is 0.248 e. The van der Waals surface area contributed by atoms with Crippen LogP contribution < -0.4 is 5.32 Å². The zero-order chi connectivity index (χ0) is 14.3. The fraction of sp³-hybridized carbons (Fsp3) is 0.857. The smallest absolute Gasteiger partial charge is 0.248 e. The van der Waals surface area contributed by atoms with Crippen LogP contribution in [0, 0.1) is 0 Å². The van der Waals surface area contributed by atoms with Crippen LogP contribution in [0.4, 0.5) is 0 Å². The van der Waals surface area contributed by atoms with E-state index in [2.05, 4.69) is 11.6 Å². The van der Waals surface area contributed by atoms with E-state index >= 15 is 0 Å². The van der Waals surface area contributed by atoms with Gasteiger partial charge in [-0.3, -0.25) is 9.59 Å². The summed E-state index contributed by atoms with van der Waals surface area (Å²) in [5.41, 5.74) is -0.725. The maximum absolute atomic E-state index is 12.7. The van der Waals surface area contributed by atoms with Gasteiger partial charge in [-0.05, 0) is 38.9 Å². The van der Waals surface area contributed by atoms with Gasteiger partial charge in [0.2, 0.25) is 11.8 Å². The van der Waals surface area contributed by atoms with Gasteiger partial charge >= 0.3 is 0 Å². The van der Waals surface area contributed by atoms with Gasteiger partial charge in [0.15, 0.2) is 0 Å². The average Bonchev–Trinajstić information content (AvgIpc) is 3.16. The largest absolute Gasteiger partial charge is 0.340 e. The Bertz CT molecular complexity index is 395. The van der Waals surface area contributed by atoms with Gasteiger partial charge < -0.3 is 10.2 Å². The highest BCUT2D eigenvalue weighted by molar-refractivity contribution is 8.00. The zero-order valence-corrected chi connectivity index (χ0v) is 13.1. The lowest BCUT2D eigenvalue weighted by Crippen LogP contribution is -2.69. The molecule has 1 aliphatic heterocycles. The number of amides is 2. The van der Waals surface area contributed by atoms with Crippen LogP contribution in [0.3, 0.4) is 0 Å². The Kier molecular flexibility index (Phi) is 3.87. The van der Waals surface area contributed by atoms with Gasteiger partial charge in [-0.1, -0.05) is 13.8 Å². The van der Waals surface area contributed by atoms with Crippen molar-refractivity contribution < 1.29 is 9.59 Å². The second-order valence-corrected chi connectivity index (χ2v) is 7.19. The molecule has 5 heteroatoms. The van der Waals surface area contributed by atoms with Gasteiger partial charge in [0.25, 0.3) is 0 Å². The van der Waals surface area contributed by atoms with Crippen LogP contribution in [0.1, 0.15) is 46.5 Å². The van der Waals surface area contributed by atoms with Gasteiger partial charge in [-0.2, -0.15) is 11.8 Å². The van der Waals surface area contributed by atoms with Crippen molar-refractivity contribution in [2.24, 2.45) is 0 Å². The zero-order valence-electron chi connectivity index (χ0n) is 12.3. The van der Waals surface area contributed by atoms with Crippen LogP contribution >= 0.6 is 11.8 Å². The van der Waals surface area contributed by atoms with Gasteiger partial charge in [0.05, 0.1) is 0 Å². The third kappa shape index (κ3) is 2.49. The monoisotopic (exact) mass is 284 g/mol. The molecular formula is C14H24N2O2S. The molecule has 1 N–H and O–H groups in total. The summed E-state index contributed by atoms with van der Waals surface area (Å²) in [6.07, 6.45) is 5.72. The lowest BCUT2D eigenvalue weighted by atomic mass is 9.91. The van der Waals surface area contributed by atoms with Gasteiger partial charge in [0, 0.05) is 11.3 Å². The summed E-state index contributed by atoms with van der Waals surface area (Å²) in [4.78, 5) is 26.8. The molecule has 2 amide bonds. The molecule has 2 atom stereocenters. The summed E-state index contributed by atoms with van der Waals surface area (Å²) in [5, 5.41) is 2.91. The van der Waals surface area contributed by atoms with Gasteiger partial charge in [-0.15, -0.1) is 0 Å². The van der Waals surface area contributed by atoms with Crippen molar-refractivity contribution >= 4 is 23.6 Å². The molecule has 0 aromatic rings. The number of rotatable bonds is 5. The van der Waals surface area contributed by atoms with Gasteiger partial charge in [0.1, 0.15) is 11.6 Å². The standard InChI is InChI=1S/C14H24N2O2S/c1-5-10-11(17)15-13(3,6-2)12(18)16(10)9-14(19-4)7-8-14/h10H,5-9H2,1-4H3,(H,15,17). The summed E-state index contributed by atoms with van der Waals surface area (Å²) in [5.74, 6) is 0.0881. The number of hydrogen-bond acceptors (Lipinski definition) is 3. The molecule has 1 heterocycles. The lowest BCUT2D eigenvalue weighted by Gasteiger charge is -2.45. The third-order valence-corrected chi connectivity index (χ3v) is 6.01.